The van der Waals surface area contributed by atoms with Crippen LogP contribution >= 0.6 is 0 Å². The minimum absolute atomic E-state index is 0.0918. The molecule has 132 valence electrons. The Morgan fingerprint density at radius 3 is 2.27 bits per heavy atom. The van der Waals surface area contributed by atoms with E-state index in [1.54, 1.807) is 24.3 Å². The molecule has 0 fully saturated rings. The number of ether oxygens (including phenoxy) is 2. The summed E-state index contributed by atoms with van der Waals surface area (Å²) in [6.45, 7) is 0. The molecule has 2 aromatic heterocycles. The van der Waals surface area contributed by atoms with Gasteiger partial charge >= 0.3 is 6.01 Å². The quantitative estimate of drug-likeness (QED) is 0.743. The summed E-state index contributed by atoms with van der Waals surface area (Å²) in [4.78, 5) is 33.0. The Bertz CT molecular complexity index is 998. The van der Waals surface area contributed by atoms with Crippen LogP contribution in [-0.4, -0.2) is 34.7 Å². The summed E-state index contributed by atoms with van der Waals surface area (Å²) in [6, 6.07) is 10.3. The van der Waals surface area contributed by atoms with Crippen LogP contribution in [0.25, 0.3) is 16.9 Å². The largest absolute Gasteiger partial charge is 0.496 e. The van der Waals surface area contributed by atoms with E-state index in [-0.39, 0.29) is 17.3 Å². The lowest BCUT2D eigenvalue weighted by molar-refractivity contribution is 0.0997. The molecule has 8 nitrogen and oxygen atoms in total. The molecule has 1 aromatic carbocycles. The number of aromatic nitrogens is 3. The van der Waals surface area contributed by atoms with E-state index in [1.807, 2.05) is 6.07 Å². The summed E-state index contributed by atoms with van der Waals surface area (Å²) >= 11 is 0. The third kappa shape index (κ3) is 3.00. The maximum absolute atomic E-state index is 12.8. The highest BCUT2D eigenvalue weighted by Crippen LogP contribution is 2.30. The van der Waals surface area contributed by atoms with Gasteiger partial charge in [-0.25, -0.2) is 9.97 Å². The molecule has 0 unspecified atom stereocenters. The topological polar surface area (TPSA) is 109 Å². The molecule has 2 N–H and O–H groups in total. The van der Waals surface area contributed by atoms with Gasteiger partial charge in [-0.15, -0.1) is 0 Å². The SMILES string of the molecule is COc1ncc(-n2c(-c3ccccc3)c(C(N)=O)c(OC)cc2=O)cn1. The van der Waals surface area contributed by atoms with Gasteiger partial charge in [-0.05, 0) is 5.56 Å². The van der Waals surface area contributed by atoms with Crippen LogP contribution in [0.15, 0.2) is 53.6 Å². The predicted molar refractivity (Wildman–Crippen MR) is 94.7 cm³/mol. The minimum atomic E-state index is -0.719. The zero-order valence-corrected chi connectivity index (χ0v) is 14.2. The number of amides is 1. The summed E-state index contributed by atoms with van der Waals surface area (Å²) in [5.74, 6) is -0.615. The molecule has 0 aliphatic carbocycles. The second-order valence-electron chi connectivity index (χ2n) is 5.27. The highest BCUT2D eigenvalue weighted by molar-refractivity contribution is 6.02. The lowest BCUT2D eigenvalue weighted by Crippen LogP contribution is -2.25. The van der Waals surface area contributed by atoms with Crippen molar-refractivity contribution in [2.45, 2.75) is 0 Å². The molecule has 2 heterocycles. The molecule has 0 bridgehead atoms. The van der Waals surface area contributed by atoms with Gasteiger partial charge in [-0.3, -0.25) is 14.2 Å². The Hall–Kier alpha value is -3.68. The van der Waals surface area contributed by atoms with Gasteiger partial charge in [0.25, 0.3) is 11.5 Å². The number of primary amides is 1. The Morgan fingerprint density at radius 1 is 1.08 bits per heavy atom. The number of nitrogens with zero attached hydrogens (tertiary/aromatic N) is 3. The summed E-state index contributed by atoms with van der Waals surface area (Å²) in [5, 5.41) is 0. The van der Waals surface area contributed by atoms with E-state index in [1.165, 1.54) is 37.2 Å². The normalized spacial score (nSPS) is 10.4. The number of hydrogen-bond acceptors (Lipinski definition) is 6. The summed E-state index contributed by atoms with van der Waals surface area (Å²) in [5.41, 5.74) is 6.54. The van der Waals surface area contributed by atoms with Crippen molar-refractivity contribution in [3.05, 3.63) is 64.7 Å². The summed E-state index contributed by atoms with van der Waals surface area (Å²) < 4.78 is 11.5. The maximum Gasteiger partial charge on any atom is 0.316 e. The van der Waals surface area contributed by atoms with Crippen molar-refractivity contribution in [2.75, 3.05) is 14.2 Å². The number of hydrogen-bond donors (Lipinski definition) is 1. The Balaban J connectivity index is 2.41. The van der Waals surface area contributed by atoms with Crippen LogP contribution in [0.1, 0.15) is 10.4 Å². The van der Waals surface area contributed by atoms with Crippen molar-refractivity contribution >= 4 is 5.91 Å². The summed E-state index contributed by atoms with van der Waals surface area (Å²) in [7, 11) is 2.81. The molecular weight excluding hydrogens is 336 g/mol. The second kappa shape index (κ2) is 7.06. The van der Waals surface area contributed by atoms with Crippen LogP contribution < -0.4 is 20.8 Å². The molecule has 0 atom stereocenters. The van der Waals surface area contributed by atoms with Gasteiger partial charge in [0.2, 0.25) is 0 Å². The van der Waals surface area contributed by atoms with Crippen molar-refractivity contribution in [2.24, 2.45) is 5.73 Å². The fourth-order valence-corrected chi connectivity index (χ4v) is 2.64. The molecule has 0 spiro atoms. The van der Waals surface area contributed by atoms with E-state index in [4.69, 9.17) is 15.2 Å². The Labute approximate surface area is 148 Å². The van der Waals surface area contributed by atoms with Crippen molar-refractivity contribution in [1.29, 1.82) is 0 Å². The minimum Gasteiger partial charge on any atom is -0.496 e. The number of methoxy groups -OCH3 is 2. The van der Waals surface area contributed by atoms with Gasteiger partial charge in [0.1, 0.15) is 11.3 Å². The van der Waals surface area contributed by atoms with Gasteiger partial charge in [0.05, 0.1) is 38.0 Å². The smallest absolute Gasteiger partial charge is 0.316 e. The monoisotopic (exact) mass is 352 g/mol. The standard InChI is InChI=1S/C18H16N4O4/c1-25-13-8-14(23)22(12-9-20-18(26-2)21-10-12)16(15(13)17(19)24)11-6-4-3-5-7-11/h3-10H,1-2H3,(H2,19,24). The molecule has 1 amide bonds. The molecule has 0 saturated heterocycles. The number of benzene rings is 1. The van der Waals surface area contributed by atoms with Gasteiger partial charge in [-0.2, -0.15) is 0 Å². The first kappa shape index (κ1) is 17.2. The van der Waals surface area contributed by atoms with Crippen LogP contribution in [-0.2, 0) is 0 Å². The first-order chi connectivity index (χ1) is 12.6. The fourth-order valence-electron chi connectivity index (χ4n) is 2.64. The van der Waals surface area contributed by atoms with Crippen LogP contribution in [0.2, 0.25) is 0 Å². The van der Waals surface area contributed by atoms with E-state index in [9.17, 15) is 9.59 Å². The van der Waals surface area contributed by atoms with Crippen LogP contribution in [0.3, 0.4) is 0 Å². The number of carbonyl (C=O) groups excluding carboxylic acids is 1. The van der Waals surface area contributed by atoms with E-state index < -0.39 is 11.5 Å². The van der Waals surface area contributed by atoms with Crippen molar-refractivity contribution in [3.8, 4) is 28.7 Å². The van der Waals surface area contributed by atoms with Crippen LogP contribution in [0.5, 0.6) is 11.8 Å². The number of pyridine rings is 1. The first-order valence-corrected chi connectivity index (χ1v) is 7.62. The summed E-state index contributed by atoms with van der Waals surface area (Å²) in [6.07, 6.45) is 2.86. The third-order valence-corrected chi connectivity index (χ3v) is 3.75. The molecule has 26 heavy (non-hydrogen) atoms. The van der Waals surface area contributed by atoms with Gasteiger partial charge in [-0.1, -0.05) is 30.3 Å². The molecule has 0 aliphatic rings. The lowest BCUT2D eigenvalue weighted by atomic mass is 10.0. The van der Waals surface area contributed by atoms with E-state index >= 15 is 0 Å². The van der Waals surface area contributed by atoms with Crippen molar-refractivity contribution < 1.29 is 14.3 Å². The van der Waals surface area contributed by atoms with Crippen molar-refractivity contribution in [1.82, 2.24) is 14.5 Å². The number of rotatable bonds is 5. The molecule has 8 heteroatoms. The molecule has 0 aliphatic heterocycles. The Morgan fingerprint density at radius 2 is 1.73 bits per heavy atom. The first-order valence-electron chi connectivity index (χ1n) is 7.62. The lowest BCUT2D eigenvalue weighted by Gasteiger charge is -2.18. The van der Waals surface area contributed by atoms with Gasteiger partial charge in [0, 0.05) is 6.07 Å². The van der Waals surface area contributed by atoms with E-state index in [0.29, 0.717) is 16.9 Å². The van der Waals surface area contributed by atoms with Crippen molar-refractivity contribution in [3.63, 3.8) is 0 Å². The Kier molecular flexibility index (Phi) is 4.66. The molecule has 3 aromatic rings. The van der Waals surface area contributed by atoms with E-state index in [0.717, 1.165) is 0 Å². The molecule has 0 radical (unpaired) electrons. The average Bonchev–Trinajstić information content (AvgIpc) is 2.67. The highest BCUT2D eigenvalue weighted by atomic mass is 16.5. The molecule has 0 saturated carbocycles. The number of carbonyl (C=O) groups is 1. The molecule has 3 rings (SSSR count). The highest BCUT2D eigenvalue weighted by Gasteiger charge is 2.23. The zero-order chi connectivity index (χ0) is 18.7. The predicted octanol–water partition coefficient (Wildman–Crippen LogP) is 1.41. The zero-order valence-electron chi connectivity index (χ0n) is 14.2. The third-order valence-electron chi connectivity index (χ3n) is 3.75. The van der Waals surface area contributed by atoms with Crippen LogP contribution in [0.4, 0.5) is 0 Å². The van der Waals surface area contributed by atoms with Gasteiger partial charge in [0.15, 0.2) is 0 Å². The molecular formula is C18H16N4O4. The number of nitrogens with two attached hydrogens (primary N) is 1. The fraction of sp³-hybridized carbons (Fsp3) is 0.111. The van der Waals surface area contributed by atoms with Crippen LogP contribution in [0, 0.1) is 0 Å². The second-order valence-corrected chi connectivity index (χ2v) is 5.27. The average molecular weight is 352 g/mol. The van der Waals surface area contributed by atoms with Gasteiger partial charge < -0.3 is 15.2 Å². The maximum atomic E-state index is 12.8. The van der Waals surface area contributed by atoms with E-state index in [2.05, 4.69) is 9.97 Å².